The first-order chi connectivity index (χ1) is 8.60. The number of thiophene rings is 1. The molecule has 0 saturated heterocycles. The molecule has 2 rings (SSSR count). The highest BCUT2D eigenvalue weighted by Gasteiger charge is 2.16. The molecule has 1 heterocycles. The fourth-order valence-corrected chi connectivity index (χ4v) is 3.46. The van der Waals surface area contributed by atoms with Crippen LogP contribution in [-0.4, -0.2) is 0 Å². The van der Waals surface area contributed by atoms with E-state index in [-0.39, 0.29) is 6.04 Å². The van der Waals surface area contributed by atoms with Crippen LogP contribution in [0.5, 0.6) is 0 Å². The normalized spacial score (nSPS) is 12.7. The Labute approximate surface area is 116 Å². The summed E-state index contributed by atoms with van der Waals surface area (Å²) in [4.78, 5) is 1.00. The van der Waals surface area contributed by atoms with E-state index in [4.69, 9.17) is 5.84 Å². The van der Waals surface area contributed by atoms with Crippen LogP contribution in [0.4, 0.5) is 8.78 Å². The maximum Gasteiger partial charge on any atom is 0.126 e. The Balaban J connectivity index is 2.23. The highest BCUT2D eigenvalue weighted by atomic mass is 79.9. The molecule has 0 aliphatic carbocycles. The number of nitrogens with two attached hydrogens (primary N) is 1. The molecule has 3 N–H and O–H groups in total. The SMILES string of the molecule is NNC(Cc1cc(F)cc(F)c1)c1sccc1Br. The summed E-state index contributed by atoms with van der Waals surface area (Å²) in [6.07, 6.45) is 0.421. The quantitative estimate of drug-likeness (QED) is 0.663. The Morgan fingerprint density at radius 1 is 1.28 bits per heavy atom. The van der Waals surface area contributed by atoms with Gasteiger partial charge in [-0.05, 0) is 51.5 Å². The lowest BCUT2D eigenvalue weighted by molar-refractivity contribution is 0.545. The summed E-state index contributed by atoms with van der Waals surface area (Å²) in [7, 11) is 0. The molecule has 1 unspecified atom stereocenters. The number of rotatable bonds is 4. The fraction of sp³-hybridized carbons (Fsp3) is 0.167. The second kappa shape index (κ2) is 5.88. The van der Waals surface area contributed by atoms with Gasteiger partial charge in [-0.1, -0.05) is 0 Å². The van der Waals surface area contributed by atoms with Crippen LogP contribution in [0.1, 0.15) is 16.5 Å². The van der Waals surface area contributed by atoms with Gasteiger partial charge in [0, 0.05) is 15.4 Å². The number of nitrogens with one attached hydrogen (secondary N) is 1. The van der Waals surface area contributed by atoms with Crippen LogP contribution in [0.15, 0.2) is 34.1 Å². The zero-order valence-corrected chi connectivity index (χ0v) is 11.7. The van der Waals surface area contributed by atoms with Crippen LogP contribution in [0.2, 0.25) is 0 Å². The van der Waals surface area contributed by atoms with Gasteiger partial charge >= 0.3 is 0 Å². The van der Waals surface area contributed by atoms with Gasteiger partial charge in [0.1, 0.15) is 11.6 Å². The average molecular weight is 333 g/mol. The second-order valence-corrected chi connectivity index (χ2v) is 5.64. The first kappa shape index (κ1) is 13.6. The monoisotopic (exact) mass is 332 g/mol. The predicted molar refractivity (Wildman–Crippen MR) is 72.1 cm³/mol. The molecule has 0 amide bonds. The average Bonchev–Trinajstić information content (AvgIpc) is 2.71. The van der Waals surface area contributed by atoms with Crippen LogP contribution in [0.3, 0.4) is 0 Å². The molecule has 2 aromatic rings. The summed E-state index contributed by atoms with van der Waals surface area (Å²) in [5, 5.41) is 1.93. The van der Waals surface area contributed by atoms with Crippen molar-refractivity contribution >= 4 is 27.3 Å². The van der Waals surface area contributed by atoms with Crippen LogP contribution in [-0.2, 0) is 6.42 Å². The first-order valence-electron chi connectivity index (χ1n) is 5.24. The first-order valence-corrected chi connectivity index (χ1v) is 6.91. The zero-order valence-electron chi connectivity index (χ0n) is 9.29. The molecule has 1 atom stereocenters. The highest BCUT2D eigenvalue weighted by Crippen LogP contribution is 2.30. The Morgan fingerprint density at radius 3 is 2.44 bits per heavy atom. The lowest BCUT2D eigenvalue weighted by atomic mass is 10.0. The van der Waals surface area contributed by atoms with E-state index < -0.39 is 11.6 Å². The lowest BCUT2D eigenvalue weighted by Gasteiger charge is -2.15. The lowest BCUT2D eigenvalue weighted by Crippen LogP contribution is -2.29. The predicted octanol–water partition coefficient (Wildman–Crippen LogP) is 3.54. The topological polar surface area (TPSA) is 38.0 Å². The Kier molecular flexibility index (Phi) is 4.45. The summed E-state index contributed by atoms with van der Waals surface area (Å²) < 4.78 is 27.1. The Bertz CT molecular complexity index is 524. The zero-order chi connectivity index (χ0) is 13.1. The highest BCUT2D eigenvalue weighted by molar-refractivity contribution is 9.10. The number of benzene rings is 1. The molecule has 6 heteroatoms. The van der Waals surface area contributed by atoms with E-state index >= 15 is 0 Å². The van der Waals surface area contributed by atoms with Crippen LogP contribution in [0, 0.1) is 11.6 Å². The summed E-state index contributed by atoms with van der Waals surface area (Å²) in [5.41, 5.74) is 3.23. The summed E-state index contributed by atoms with van der Waals surface area (Å²) in [6, 6.07) is 5.22. The summed E-state index contributed by atoms with van der Waals surface area (Å²) in [5.74, 6) is 4.35. The van der Waals surface area contributed by atoms with E-state index in [0.717, 1.165) is 15.4 Å². The fourth-order valence-electron chi connectivity index (χ4n) is 1.75. The van der Waals surface area contributed by atoms with Crippen molar-refractivity contribution < 1.29 is 8.78 Å². The third kappa shape index (κ3) is 3.14. The molecular weight excluding hydrogens is 322 g/mol. The smallest absolute Gasteiger partial charge is 0.126 e. The van der Waals surface area contributed by atoms with Crippen molar-refractivity contribution in [2.24, 2.45) is 5.84 Å². The van der Waals surface area contributed by atoms with Crippen molar-refractivity contribution in [3.63, 3.8) is 0 Å². The van der Waals surface area contributed by atoms with Gasteiger partial charge in [0.05, 0.1) is 6.04 Å². The van der Waals surface area contributed by atoms with Gasteiger partial charge < -0.3 is 0 Å². The minimum atomic E-state index is -0.578. The van der Waals surface area contributed by atoms with Crippen molar-refractivity contribution in [1.82, 2.24) is 5.43 Å². The van der Waals surface area contributed by atoms with E-state index in [1.54, 1.807) is 0 Å². The van der Waals surface area contributed by atoms with E-state index in [9.17, 15) is 8.78 Å². The molecule has 18 heavy (non-hydrogen) atoms. The van der Waals surface area contributed by atoms with Crippen molar-refractivity contribution in [3.8, 4) is 0 Å². The van der Waals surface area contributed by atoms with Gasteiger partial charge in [-0.15, -0.1) is 11.3 Å². The molecule has 1 aromatic carbocycles. The molecule has 2 nitrogen and oxygen atoms in total. The van der Waals surface area contributed by atoms with Crippen molar-refractivity contribution in [2.45, 2.75) is 12.5 Å². The largest absolute Gasteiger partial charge is 0.271 e. The Hall–Kier alpha value is -0.820. The third-order valence-corrected chi connectivity index (χ3v) is 4.51. The molecule has 0 aliphatic heterocycles. The van der Waals surface area contributed by atoms with E-state index in [2.05, 4.69) is 21.4 Å². The molecule has 0 fully saturated rings. The second-order valence-electron chi connectivity index (χ2n) is 3.83. The van der Waals surface area contributed by atoms with Gasteiger partial charge in [-0.2, -0.15) is 0 Å². The van der Waals surface area contributed by atoms with Crippen molar-refractivity contribution in [1.29, 1.82) is 0 Å². The maximum atomic E-state index is 13.1. The van der Waals surface area contributed by atoms with Gasteiger partial charge in [-0.25, -0.2) is 8.78 Å². The minimum Gasteiger partial charge on any atom is -0.271 e. The molecular formula is C12H11BrF2N2S. The molecule has 0 saturated carbocycles. The third-order valence-electron chi connectivity index (χ3n) is 2.52. The van der Waals surface area contributed by atoms with Gasteiger partial charge in [0.2, 0.25) is 0 Å². The molecule has 0 aliphatic rings. The molecule has 0 bridgehead atoms. The molecule has 0 spiro atoms. The van der Waals surface area contributed by atoms with Crippen molar-refractivity contribution in [2.75, 3.05) is 0 Å². The van der Waals surface area contributed by atoms with E-state index in [0.29, 0.717) is 12.0 Å². The number of hydrogen-bond donors (Lipinski definition) is 2. The number of hydrogen-bond acceptors (Lipinski definition) is 3. The molecule has 96 valence electrons. The van der Waals surface area contributed by atoms with Gasteiger partial charge in [0.25, 0.3) is 0 Å². The standard InChI is InChI=1S/C12H11BrF2N2S/c13-10-1-2-18-12(10)11(17-16)5-7-3-8(14)6-9(15)4-7/h1-4,6,11,17H,5,16H2. The number of halogens is 3. The molecule has 1 aromatic heterocycles. The van der Waals surface area contributed by atoms with Gasteiger partial charge in [0.15, 0.2) is 0 Å². The van der Waals surface area contributed by atoms with E-state index in [1.807, 2.05) is 11.4 Å². The van der Waals surface area contributed by atoms with Gasteiger partial charge in [-0.3, -0.25) is 11.3 Å². The molecule has 0 radical (unpaired) electrons. The van der Waals surface area contributed by atoms with E-state index in [1.165, 1.54) is 23.5 Å². The van der Waals surface area contributed by atoms with Crippen LogP contribution in [0.25, 0.3) is 0 Å². The minimum absolute atomic E-state index is 0.180. The van der Waals surface area contributed by atoms with Crippen LogP contribution >= 0.6 is 27.3 Å². The number of hydrazine groups is 1. The summed E-state index contributed by atoms with van der Waals surface area (Å²) >= 11 is 4.95. The van der Waals surface area contributed by atoms with Crippen LogP contribution < -0.4 is 11.3 Å². The Morgan fingerprint density at radius 2 is 1.94 bits per heavy atom. The maximum absolute atomic E-state index is 13.1. The van der Waals surface area contributed by atoms with Crippen molar-refractivity contribution in [3.05, 3.63) is 56.2 Å². The summed E-state index contributed by atoms with van der Waals surface area (Å²) in [6.45, 7) is 0.